The van der Waals surface area contributed by atoms with Gasteiger partial charge in [0.05, 0.1) is 5.69 Å². The standard InChI is InChI=1S/C14H13N3O2/c1-10(18)5-7-16-13-8-11(9-17-14(13)19)12-4-2-3-6-15-12/h2-9,16H,1H3,(H,17,19)/b7-5+. The van der Waals surface area contributed by atoms with Gasteiger partial charge in [0.15, 0.2) is 5.78 Å². The normalized spacial score (nSPS) is 10.6. The number of carbonyl (C=O) groups excluding carboxylic acids is 1. The van der Waals surface area contributed by atoms with Crippen molar-refractivity contribution < 1.29 is 4.79 Å². The van der Waals surface area contributed by atoms with E-state index in [1.54, 1.807) is 18.5 Å². The van der Waals surface area contributed by atoms with Crippen LogP contribution < -0.4 is 10.9 Å². The molecule has 0 aromatic carbocycles. The van der Waals surface area contributed by atoms with Gasteiger partial charge in [-0.2, -0.15) is 0 Å². The number of hydrogen-bond acceptors (Lipinski definition) is 4. The van der Waals surface area contributed by atoms with Gasteiger partial charge in [0, 0.05) is 24.2 Å². The highest BCUT2D eigenvalue weighted by Gasteiger charge is 2.03. The van der Waals surface area contributed by atoms with Crippen molar-refractivity contribution in [1.82, 2.24) is 9.97 Å². The zero-order valence-electron chi connectivity index (χ0n) is 10.4. The van der Waals surface area contributed by atoms with E-state index < -0.39 is 0 Å². The molecular formula is C14H13N3O2. The van der Waals surface area contributed by atoms with Gasteiger partial charge in [-0.25, -0.2) is 0 Å². The fourth-order valence-corrected chi connectivity index (χ4v) is 1.52. The highest BCUT2D eigenvalue weighted by molar-refractivity contribution is 5.87. The molecule has 2 rings (SSSR count). The largest absolute Gasteiger partial charge is 0.357 e. The van der Waals surface area contributed by atoms with Crippen LogP contribution in [0.15, 0.2) is 53.7 Å². The zero-order valence-corrected chi connectivity index (χ0v) is 10.4. The van der Waals surface area contributed by atoms with Gasteiger partial charge in [-0.05, 0) is 31.2 Å². The number of rotatable bonds is 4. The van der Waals surface area contributed by atoms with Crippen LogP contribution >= 0.6 is 0 Å². The Morgan fingerprint density at radius 3 is 2.95 bits per heavy atom. The number of aromatic nitrogens is 2. The lowest BCUT2D eigenvalue weighted by atomic mass is 10.2. The third-order valence-electron chi connectivity index (χ3n) is 2.42. The smallest absolute Gasteiger partial charge is 0.271 e. The number of allylic oxidation sites excluding steroid dienone is 1. The van der Waals surface area contributed by atoms with Crippen LogP contribution in [0.3, 0.4) is 0 Å². The van der Waals surface area contributed by atoms with Crippen molar-refractivity contribution in [3.63, 3.8) is 0 Å². The van der Waals surface area contributed by atoms with Crippen molar-refractivity contribution in [1.29, 1.82) is 0 Å². The Balaban J connectivity index is 2.30. The van der Waals surface area contributed by atoms with Crippen LogP contribution in [0, 0.1) is 0 Å². The number of hydrogen-bond donors (Lipinski definition) is 2. The van der Waals surface area contributed by atoms with Gasteiger partial charge in [-0.15, -0.1) is 0 Å². The van der Waals surface area contributed by atoms with Gasteiger partial charge < -0.3 is 10.3 Å². The van der Waals surface area contributed by atoms with Crippen LogP contribution in [0.2, 0.25) is 0 Å². The second-order valence-corrected chi connectivity index (χ2v) is 3.93. The van der Waals surface area contributed by atoms with Gasteiger partial charge in [-0.1, -0.05) is 6.07 Å². The van der Waals surface area contributed by atoms with E-state index in [0.29, 0.717) is 5.69 Å². The first-order valence-corrected chi connectivity index (χ1v) is 5.74. The van der Waals surface area contributed by atoms with E-state index in [-0.39, 0.29) is 11.3 Å². The van der Waals surface area contributed by atoms with E-state index in [2.05, 4.69) is 15.3 Å². The van der Waals surface area contributed by atoms with Crippen molar-refractivity contribution in [3.8, 4) is 11.3 Å². The minimum atomic E-state index is -0.257. The molecular weight excluding hydrogens is 242 g/mol. The minimum Gasteiger partial charge on any atom is -0.357 e. The molecule has 0 atom stereocenters. The SMILES string of the molecule is CC(=O)/C=C/Nc1cc(-c2ccccn2)c[nH]c1=O. The third kappa shape index (κ3) is 3.38. The van der Waals surface area contributed by atoms with Crippen molar-refractivity contribution in [3.05, 3.63) is 59.3 Å². The van der Waals surface area contributed by atoms with Crippen LogP contribution in [-0.4, -0.2) is 15.8 Å². The van der Waals surface area contributed by atoms with Gasteiger partial charge >= 0.3 is 0 Å². The molecule has 5 heteroatoms. The molecule has 0 saturated carbocycles. The van der Waals surface area contributed by atoms with Crippen LogP contribution in [0.25, 0.3) is 11.3 Å². The Morgan fingerprint density at radius 2 is 2.26 bits per heavy atom. The Morgan fingerprint density at radius 1 is 1.42 bits per heavy atom. The van der Waals surface area contributed by atoms with Gasteiger partial charge in [-0.3, -0.25) is 14.6 Å². The lowest BCUT2D eigenvalue weighted by Crippen LogP contribution is -2.10. The molecule has 2 N–H and O–H groups in total. The average molecular weight is 255 g/mol. The van der Waals surface area contributed by atoms with E-state index in [4.69, 9.17) is 0 Å². The first-order chi connectivity index (χ1) is 9.16. The number of nitrogens with zero attached hydrogens (tertiary/aromatic N) is 1. The second kappa shape index (κ2) is 5.77. The summed E-state index contributed by atoms with van der Waals surface area (Å²) in [5.74, 6) is -0.0928. The molecule has 2 heterocycles. The van der Waals surface area contributed by atoms with Crippen LogP contribution in [-0.2, 0) is 4.79 Å². The Bertz CT molecular complexity index is 660. The Labute approximate surface area is 110 Å². The molecule has 0 unspecified atom stereocenters. The van der Waals surface area contributed by atoms with Crippen LogP contribution in [0.4, 0.5) is 5.69 Å². The lowest BCUT2D eigenvalue weighted by molar-refractivity contribution is -0.112. The molecule has 0 aliphatic rings. The average Bonchev–Trinajstić information content (AvgIpc) is 2.41. The molecule has 19 heavy (non-hydrogen) atoms. The molecule has 0 radical (unpaired) electrons. The molecule has 0 bridgehead atoms. The minimum absolute atomic E-state index is 0.0928. The van der Waals surface area contributed by atoms with E-state index in [1.165, 1.54) is 19.2 Å². The summed E-state index contributed by atoms with van der Waals surface area (Å²) in [7, 11) is 0. The predicted octanol–water partition coefficient (Wildman–Crippen LogP) is 1.95. The molecule has 96 valence electrons. The van der Waals surface area contributed by atoms with Gasteiger partial charge in [0.25, 0.3) is 5.56 Å². The summed E-state index contributed by atoms with van der Waals surface area (Å²) in [6.45, 7) is 1.44. The highest BCUT2D eigenvalue weighted by atomic mass is 16.1. The summed E-state index contributed by atoms with van der Waals surface area (Å²) < 4.78 is 0. The molecule has 0 aliphatic carbocycles. The van der Waals surface area contributed by atoms with E-state index >= 15 is 0 Å². The predicted molar refractivity (Wildman–Crippen MR) is 73.7 cm³/mol. The lowest BCUT2D eigenvalue weighted by Gasteiger charge is -2.03. The zero-order chi connectivity index (χ0) is 13.7. The summed E-state index contributed by atoms with van der Waals surface area (Å²) >= 11 is 0. The molecule has 0 aliphatic heterocycles. The maximum absolute atomic E-state index is 11.6. The summed E-state index contributed by atoms with van der Waals surface area (Å²) in [6.07, 6.45) is 6.08. The van der Waals surface area contributed by atoms with Gasteiger partial charge in [0.2, 0.25) is 0 Å². The number of H-pyrrole nitrogens is 1. The topological polar surface area (TPSA) is 74.8 Å². The molecule has 2 aromatic heterocycles. The third-order valence-corrected chi connectivity index (χ3v) is 2.42. The number of ketones is 1. The summed E-state index contributed by atoms with van der Waals surface area (Å²) in [4.78, 5) is 29.2. The molecule has 2 aromatic rings. The fraction of sp³-hybridized carbons (Fsp3) is 0.0714. The Hall–Kier alpha value is -2.69. The highest BCUT2D eigenvalue weighted by Crippen LogP contribution is 2.16. The van der Waals surface area contributed by atoms with Crippen molar-refractivity contribution in [2.24, 2.45) is 0 Å². The number of pyridine rings is 2. The molecule has 5 nitrogen and oxygen atoms in total. The molecule has 0 saturated heterocycles. The molecule has 0 amide bonds. The van der Waals surface area contributed by atoms with Crippen molar-refractivity contribution in [2.75, 3.05) is 5.32 Å². The van der Waals surface area contributed by atoms with E-state index in [0.717, 1.165) is 11.3 Å². The quantitative estimate of drug-likeness (QED) is 0.819. The fourth-order valence-electron chi connectivity index (χ4n) is 1.52. The summed E-state index contributed by atoms with van der Waals surface area (Å²) in [5, 5.41) is 2.78. The summed E-state index contributed by atoms with van der Waals surface area (Å²) in [6, 6.07) is 7.23. The van der Waals surface area contributed by atoms with Crippen LogP contribution in [0.1, 0.15) is 6.92 Å². The maximum atomic E-state index is 11.6. The Kier molecular flexibility index (Phi) is 3.87. The van der Waals surface area contributed by atoms with Crippen molar-refractivity contribution in [2.45, 2.75) is 6.92 Å². The summed E-state index contributed by atoms with van der Waals surface area (Å²) in [5.41, 5.74) is 1.66. The second-order valence-electron chi connectivity index (χ2n) is 3.93. The molecule has 0 spiro atoms. The number of carbonyl (C=O) groups is 1. The van der Waals surface area contributed by atoms with Crippen LogP contribution in [0.5, 0.6) is 0 Å². The first kappa shape index (κ1) is 12.8. The monoisotopic (exact) mass is 255 g/mol. The molecule has 0 fully saturated rings. The number of anilines is 1. The first-order valence-electron chi connectivity index (χ1n) is 5.74. The number of nitrogens with one attached hydrogen (secondary N) is 2. The maximum Gasteiger partial charge on any atom is 0.271 e. The van der Waals surface area contributed by atoms with E-state index in [9.17, 15) is 9.59 Å². The van der Waals surface area contributed by atoms with Crippen molar-refractivity contribution >= 4 is 11.5 Å². The van der Waals surface area contributed by atoms with Gasteiger partial charge in [0.1, 0.15) is 5.69 Å². The van der Waals surface area contributed by atoms with E-state index in [1.807, 2.05) is 18.2 Å². The number of aromatic amines is 1.